The van der Waals surface area contributed by atoms with Gasteiger partial charge >= 0.3 is 0 Å². The van der Waals surface area contributed by atoms with Crippen molar-refractivity contribution in [3.05, 3.63) is 33.8 Å². The van der Waals surface area contributed by atoms with Crippen LogP contribution >= 0.6 is 23.2 Å². The molecular formula is C16H22Cl2N2O2. The van der Waals surface area contributed by atoms with Gasteiger partial charge in [-0.2, -0.15) is 0 Å². The van der Waals surface area contributed by atoms with E-state index in [4.69, 9.17) is 33.7 Å². The highest BCUT2D eigenvalue weighted by Crippen LogP contribution is 2.32. The predicted molar refractivity (Wildman–Crippen MR) is 89.1 cm³/mol. The number of ether oxygens (including phenoxy) is 1. The van der Waals surface area contributed by atoms with Crippen LogP contribution in [0.3, 0.4) is 0 Å². The smallest absolute Gasteiger partial charge is 0.230 e. The summed E-state index contributed by atoms with van der Waals surface area (Å²) >= 11 is 12.0. The minimum absolute atomic E-state index is 0.104. The van der Waals surface area contributed by atoms with E-state index in [-0.39, 0.29) is 5.91 Å². The van der Waals surface area contributed by atoms with Gasteiger partial charge in [-0.1, -0.05) is 29.3 Å². The van der Waals surface area contributed by atoms with Gasteiger partial charge in [0.15, 0.2) is 0 Å². The Morgan fingerprint density at radius 1 is 1.32 bits per heavy atom. The highest BCUT2D eigenvalue weighted by Gasteiger charge is 2.41. The van der Waals surface area contributed by atoms with E-state index in [0.29, 0.717) is 55.7 Å². The van der Waals surface area contributed by atoms with E-state index in [1.807, 2.05) is 17.9 Å². The molecule has 0 spiro atoms. The number of carbonyl (C=O) groups excluding carboxylic acids is 1. The summed E-state index contributed by atoms with van der Waals surface area (Å²) in [5, 5.41) is 1.02. The average Bonchev–Trinajstić information content (AvgIpc) is 2.55. The number of hydrogen-bond acceptors (Lipinski definition) is 3. The summed E-state index contributed by atoms with van der Waals surface area (Å²) in [6.07, 6.45) is 1.36. The standard InChI is InChI=1S/C16H22Cl2N2O2/c1-2-20(10-12-3-4-13(17)14(18)9-12)15(21)16(11-19)5-7-22-8-6-16/h3-4,9H,2,5-8,10-11,19H2,1H3. The molecule has 1 heterocycles. The van der Waals surface area contributed by atoms with E-state index in [0.717, 1.165) is 5.56 Å². The van der Waals surface area contributed by atoms with E-state index in [9.17, 15) is 4.79 Å². The monoisotopic (exact) mass is 344 g/mol. The molecule has 4 nitrogen and oxygen atoms in total. The summed E-state index contributed by atoms with van der Waals surface area (Å²) in [6, 6.07) is 5.45. The van der Waals surface area contributed by atoms with Crippen LogP contribution in [0.25, 0.3) is 0 Å². The second-order valence-corrected chi connectivity index (χ2v) is 6.48. The van der Waals surface area contributed by atoms with Crippen molar-refractivity contribution in [2.24, 2.45) is 11.1 Å². The molecule has 6 heteroatoms. The zero-order valence-electron chi connectivity index (χ0n) is 12.8. The molecule has 2 rings (SSSR count). The van der Waals surface area contributed by atoms with Crippen molar-refractivity contribution < 1.29 is 9.53 Å². The first-order valence-electron chi connectivity index (χ1n) is 7.53. The SMILES string of the molecule is CCN(Cc1ccc(Cl)c(Cl)c1)C(=O)C1(CN)CCOCC1. The maximum absolute atomic E-state index is 13.0. The first kappa shape index (κ1) is 17.5. The highest BCUT2D eigenvalue weighted by molar-refractivity contribution is 6.42. The molecule has 0 bridgehead atoms. The third-order valence-corrected chi connectivity index (χ3v) is 5.06. The molecule has 2 N–H and O–H groups in total. The number of hydrogen-bond donors (Lipinski definition) is 1. The number of carbonyl (C=O) groups is 1. The van der Waals surface area contributed by atoms with E-state index in [1.165, 1.54) is 0 Å². The summed E-state index contributed by atoms with van der Waals surface area (Å²) in [7, 11) is 0. The fourth-order valence-electron chi connectivity index (χ4n) is 2.79. The molecule has 0 atom stereocenters. The Balaban J connectivity index is 2.15. The van der Waals surface area contributed by atoms with Gasteiger partial charge in [0.1, 0.15) is 0 Å². The Morgan fingerprint density at radius 2 is 2.00 bits per heavy atom. The van der Waals surface area contributed by atoms with Crippen molar-refractivity contribution in [3.8, 4) is 0 Å². The summed E-state index contributed by atoms with van der Waals surface area (Å²) in [4.78, 5) is 14.8. The molecule has 1 aliphatic heterocycles. The second-order valence-electron chi connectivity index (χ2n) is 5.66. The van der Waals surface area contributed by atoms with Crippen LogP contribution in [-0.2, 0) is 16.1 Å². The molecule has 1 aromatic rings. The van der Waals surface area contributed by atoms with E-state index < -0.39 is 5.41 Å². The minimum Gasteiger partial charge on any atom is -0.381 e. The van der Waals surface area contributed by atoms with E-state index in [2.05, 4.69) is 0 Å². The Bertz CT molecular complexity index is 531. The van der Waals surface area contributed by atoms with Crippen LogP contribution in [0.15, 0.2) is 18.2 Å². The van der Waals surface area contributed by atoms with Gasteiger partial charge in [-0.25, -0.2) is 0 Å². The normalized spacial score (nSPS) is 17.3. The van der Waals surface area contributed by atoms with Gasteiger partial charge in [-0.05, 0) is 37.5 Å². The lowest BCUT2D eigenvalue weighted by atomic mass is 9.78. The number of amides is 1. The summed E-state index contributed by atoms with van der Waals surface area (Å²) in [6.45, 7) is 4.64. The molecule has 1 amide bonds. The van der Waals surface area contributed by atoms with Crippen molar-refractivity contribution in [3.63, 3.8) is 0 Å². The van der Waals surface area contributed by atoms with Crippen LogP contribution in [-0.4, -0.2) is 37.1 Å². The van der Waals surface area contributed by atoms with Gasteiger partial charge in [-0.15, -0.1) is 0 Å². The first-order chi connectivity index (χ1) is 10.5. The van der Waals surface area contributed by atoms with Crippen LogP contribution in [0.4, 0.5) is 0 Å². The number of nitrogens with two attached hydrogens (primary N) is 1. The summed E-state index contributed by atoms with van der Waals surface area (Å²) in [5.74, 6) is 0.104. The molecule has 1 saturated heterocycles. The molecule has 0 saturated carbocycles. The molecule has 0 aliphatic carbocycles. The Hall–Kier alpha value is -0.810. The topological polar surface area (TPSA) is 55.6 Å². The number of halogens is 2. The quantitative estimate of drug-likeness (QED) is 0.892. The van der Waals surface area contributed by atoms with Crippen molar-refractivity contribution in [1.29, 1.82) is 0 Å². The lowest BCUT2D eigenvalue weighted by Gasteiger charge is -2.38. The largest absolute Gasteiger partial charge is 0.381 e. The number of nitrogens with zero attached hydrogens (tertiary/aromatic N) is 1. The number of benzene rings is 1. The van der Waals surface area contributed by atoms with Gasteiger partial charge in [-0.3, -0.25) is 4.79 Å². The maximum atomic E-state index is 13.0. The third-order valence-electron chi connectivity index (χ3n) is 4.32. The maximum Gasteiger partial charge on any atom is 0.230 e. The fraction of sp³-hybridized carbons (Fsp3) is 0.562. The van der Waals surface area contributed by atoms with Gasteiger partial charge < -0.3 is 15.4 Å². The van der Waals surface area contributed by atoms with Crippen LogP contribution in [0, 0.1) is 5.41 Å². The molecule has 0 aromatic heterocycles. The van der Waals surface area contributed by atoms with Crippen molar-refractivity contribution in [1.82, 2.24) is 4.90 Å². The van der Waals surface area contributed by atoms with Gasteiger partial charge in [0, 0.05) is 32.8 Å². The highest BCUT2D eigenvalue weighted by atomic mass is 35.5. The van der Waals surface area contributed by atoms with Gasteiger partial charge in [0.25, 0.3) is 0 Å². The minimum atomic E-state index is -0.496. The molecule has 122 valence electrons. The Morgan fingerprint density at radius 3 is 2.55 bits per heavy atom. The fourth-order valence-corrected chi connectivity index (χ4v) is 3.11. The summed E-state index contributed by atoms with van der Waals surface area (Å²) in [5.41, 5.74) is 6.39. The van der Waals surface area contributed by atoms with Gasteiger partial charge in [0.05, 0.1) is 15.5 Å². The third kappa shape index (κ3) is 3.74. The predicted octanol–water partition coefficient (Wildman–Crippen LogP) is 3.10. The lowest BCUT2D eigenvalue weighted by molar-refractivity contribution is -0.147. The molecule has 1 aromatic carbocycles. The van der Waals surface area contributed by atoms with E-state index in [1.54, 1.807) is 12.1 Å². The molecule has 0 radical (unpaired) electrons. The molecule has 1 fully saturated rings. The van der Waals surface area contributed by atoms with Gasteiger partial charge in [0.2, 0.25) is 5.91 Å². The second kappa shape index (κ2) is 7.64. The first-order valence-corrected chi connectivity index (χ1v) is 8.29. The number of rotatable bonds is 5. The molecular weight excluding hydrogens is 323 g/mol. The molecule has 1 aliphatic rings. The Labute approximate surface area is 141 Å². The van der Waals surface area contributed by atoms with Crippen molar-refractivity contribution in [2.45, 2.75) is 26.3 Å². The van der Waals surface area contributed by atoms with E-state index >= 15 is 0 Å². The Kier molecular flexibility index (Phi) is 6.09. The van der Waals surface area contributed by atoms with Crippen molar-refractivity contribution in [2.75, 3.05) is 26.3 Å². The van der Waals surface area contributed by atoms with Crippen LogP contribution in [0.2, 0.25) is 10.0 Å². The van der Waals surface area contributed by atoms with Crippen LogP contribution < -0.4 is 5.73 Å². The van der Waals surface area contributed by atoms with Crippen molar-refractivity contribution >= 4 is 29.1 Å². The molecule has 22 heavy (non-hydrogen) atoms. The zero-order chi connectivity index (χ0) is 16.2. The zero-order valence-corrected chi connectivity index (χ0v) is 14.3. The van der Waals surface area contributed by atoms with Crippen LogP contribution in [0.1, 0.15) is 25.3 Å². The summed E-state index contributed by atoms with van der Waals surface area (Å²) < 4.78 is 5.38. The van der Waals surface area contributed by atoms with Crippen LogP contribution in [0.5, 0.6) is 0 Å². The average molecular weight is 345 g/mol. The lowest BCUT2D eigenvalue weighted by Crippen LogP contribution is -2.50. The molecule has 0 unspecified atom stereocenters.